The lowest BCUT2D eigenvalue weighted by Gasteiger charge is -2.21. The first-order valence-electron chi connectivity index (χ1n) is 8.32. The highest BCUT2D eigenvalue weighted by Crippen LogP contribution is 2.33. The van der Waals surface area contributed by atoms with Gasteiger partial charge in [-0.1, -0.05) is 46.7 Å². The van der Waals surface area contributed by atoms with Crippen LogP contribution in [0.1, 0.15) is 16.7 Å². The molecule has 26 heavy (non-hydrogen) atoms. The molecule has 7 heteroatoms. The maximum absolute atomic E-state index is 13.0. The number of rotatable bonds is 3. The van der Waals surface area contributed by atoms with Crippen LogP contribution in [0.3, 0.4) is 0 Å². The van der Waals surface area contributed by atoms with Gasteiger partial charge in [-0.05, 0) is 43.2 Å². The van der Waals surface area contributed by atoms with Crippen molar-refractivity contribution in [1.29, 1.82) is 0 Å². The molecule has 0 bridgehead atoms. The van der Waals surface area contributed by atoms with Crippen molar-refractivity contribution >= 4 is 29.1 Å². The molecular formula is C19H17ClN4O2. The second-order valence-corrected chi connectivity index (χ2v) is 7.05. The first kappa shape index (κ1) is 16.7. The fraction of sp³-hybridized carbons (Fsp3) is 0.263. The van der Waals surface area contributed by atoms with Gasteiger partial charge in [-0.15, -0.1) is 0 Å². The molecule has 2 atom stereocenters. The predicted octanol–water partition coefficient (Wildman–Crippen LogP) is 3.45. The largest absolute Gasteiger partial charge is 0.271 e. The summed E-state index contributed by atoms with van der Waals surface area (Å²) >= 11 is 6.01. The van der Waals surface area contributed by atoms with E-state index < -0.39 is 12.1 Å². The molecule has 4 rings (SSSR count). The third-order valence-corrected chi connectivity index (χ3v) is 5.00. The van der Waals surface area contributed by atoms with E-state index in [0.717, 1.165) is 21.6 Å². The summed E-state index contributed by atoms with van der Waals surface area (Å²) in [5.74, 6) is -0.688. The molecule has 132 valence electrons. The van der Waals surface area contributed by atoms with Crippen LogP contribution in [0.25, 0.3) is 0 Å². The van der Waals surface area contributed by atoms with E-state index in [1.165, 1.54) is 0 Å². The SMILES string of the molecule is Cc1ccc(C)c(CN2N=N[C@@H]3C(=O)N(c4cccc(Cl)c4)C(=O)[C@H]32)c1. The fourth-order valence-corrected chi connectivity index (χ4v) is 3.55. The van der Waals surface area contributed by atoms with Gasteiger partial charge in [0, 0.05) is 5.02 Å². The van der Waals surface area contributed by atoms with Crippen molar-refractivity contribution in [1.82, 2.24) is 5.01 Å². The molecule has 2 aliphatic heterocycles. The molecule has 1 saturated heterocycles. The van der Waals surface area contributed by atoms with E-state index in [0.29, 0.717) is 17.3 Å². The number of aryl methyl sites for hydroxylation is 2. The van der Waals surface area contributed by atoms with Gasteiger partial charge in [-0.3, -0.25) is 14.6 Å². The molecule has 2 amide bonds. The van der Waals surface area contributed by atoms with Gasteiger partial charge in [0.2, 0.25) is 0 Å². The molecule has 2 heterocycles. The zero-order chi connectivity index (χ0) is 18.4. The Morgan fingerprint density at radius 1 is 1.08 bits per heavy atom. The zero-order valence-corrected chi connectivity index (χ0v) is 15.1. The van der Waals surface area contributed by atoms with Gasteiger partial charge in [0.15, 0.2) is 12.1 Å². The van der Waals surface area contributed by atoms with E-state index in [1.807, 2.05) is 26.0 Å². The van der Waals surface area contributed by atoms with Crippen LogP contribution in [0.5, 0.6) is 0 Å². The molecule has 0 radical (unpaired) electrons. The van der Waals surface area contributed by atoms with Crippen molar-refractivity contribution in [3.8, 4) is 0 Å². The number of carbonyl (C=O) groups excluding carboxylic acids is 2. The van der Waals surface area contributed by atoms with Crippen LogP contribution >= 0.6 is 11.6 Å². The summed E-state index contributed by atoms with van der Waals surface area (Å²) in [5, 5.41) is 10.2. The summed E-state index contributed by atoms with van der Waals surface area (Å²) in [7, 11) is 0. The summed E-state index contributed by atoms with van der Waals surface area (Å²) in [6, 6.07) is 11.3. The lowest BCUT2D eigenvalue weighted by molar-refractivity contribution is -0.123. The molecule has 0 saturated carbocycles. The minimum Gasteiger partial charge on any atom is -0.271 e. The molecule has 2 aromatic carbocycles. The Labute approximate surface area is 156 Å². The Kier molecular flexibility index (Phi) is 4.00. The third kappa shape index (κ3) is 2.66. The fourth-order valence-electron chi connectivity index (χ4n) is 3.37. The van der Waals surface area contributed by atoms with Crippen molar-refractivity contribution in [2.75, 3.05) is 4.90 Å². The number of hydrogen-bond donors (Lipinski definition) is 0. The molecule has 0 N–H and O–H groups in total. The van der Waals surface area contributed by atoms with Crippen molar-refractivity contribution in [3.05, 3.63) is 64.2 Å². The quantitative estimate of drug-likeness (QED) is 0.779. The molecule has 2 aliphatic rings. The van der Waals surface area contributed by atoms with Gasteiger partial charge in [0.1, 0.15) is 0 Å². The second kappa shape index (κ2) is 6.21. The number of hydrogen-bond acceptors (Lipinski definition) is 5. The Bertz CT molecular complexity index is 943. The minimum absolute atomic E-state index is 0.322. The number of benzene rings is 2. The average Bonchev–Trinajstić information content (AvgIpc) is 3.12. The van der Waals surface area contributed by atoms with Crippen molar-refractivity contribution in [2.24, 2.45) is 10.3 Å². The molecule has 0 unspecified atom stereocenters. The number of nitrogens with zero attached hydrogens (tertiary/aromatic N) is 4. The lowest BCUT2D eigenvalue weighted by Crippen LogP contribution is -2.39. The molecule has 2 aromatic rings. The Morgan fingerprint density at radius 2 is 1.88 bits per heavy atom. The maximum Gasteiger partial charge on any atom is 0.263 e. The van der Waals surface area contributed by atoms with Gasteiger partial charge < -0.3 is 0 Å². The number of halogens is 1. The zero-order valence-electron chi connectivity index (χ0n) is 14.4. The van der Waals surface area contributed by atoms with Gasteiger partial charge in [0.25, 0.3) is 11.8 Å². The van der Waals surface area contributed by atoms with E-state index in [1.54, 1.807) is 29.3 Å². The van der Waals surface area contributed by atoms with E-state index in [9.17, 15) is 9.59 Å². The van der Waals surface area contributed by atoms with Gasteiger partial charge in [0.05, 0.1) is 12.2 Å². The topological polar surface area (TPSA) is 65.3 Å². The van der Waals surface area contributed by atoms with Crippen LogP contribution in [0.15, 0.2) is 52.8 Å². The van der Waals surface area contributed by atoms with E-state index in [2.05, 4.69) is 16.4 Å². The van der Waals surface area contributed by atoms with Crippen LogP contribution in [0.2, 0.25) is 5.02 Å². The molecule has 6 nitrogen and oxygen atoms in total. The van der Waals surface area contributed by atoms with Crippen LogP contribution < -0.4 is 4.90 Å². The van der Waals surface area contributed by atoms with Gasteiger partial charge >= 0.3 is 0 Å². The van der Waals surface area contributed by atoms with Crippen LogP contribution in [0.4, 0.5) is 5.69 Å². The van der Waals surface area contributed by atoms with Gasteiger partial charge in [-0.2, -0.15) is 5.11 Å². The normalized spacial score (nSPS) is 21.7. The summed E-state index contributed by atoms with van der Waals surface area (Å²) in [6.45, 7) is 4.46. The van der Waals surface area contributed by atoms with E-state index in [-0.39, 0.29) is 11.8 Å². The Hall–Kier alpha value is -2.73. The van der Waals surface area contributed by atoms with Crippen LogP contribution in [-0.4, -0.2) is 28.9 Å². The Morgan fingerprint density at radius 3 is 2.65 bits per heavy atom. The predicted molar refractivity (Wildman–Crippen MR) is 97.8 cm³/mol. The molecule has 0 spiro atoms. The number of amides is 2. The molecule has 0 aromatic heterocycles. The summed E-state index contributed by atoms with van der Waals surface area (Å²) < 4.78 is 0. The molecular weight excluding hydrogens is 352 g/mol. The lowest BCUT2D eigenvalue weighted by atomic mass is 10.0. The highest BCUT2D eigenvalue weighted by atomic mass is 35.5. The molecule has 0 aliphatic carbocycles. The number of imide groups is 1. The standard InChI is InChI=1S/C19H17ClN4O2/c1-11-6-7-12(2)13(8-11)10-23-17-16(21-22-23)18(25)24(19(17)26)15-5-3-4-14(20)9-15/h3-9,16-17H,10H2,1-2H3/t16-,17-/m0/s1. The maximum atomic E-state index is 13.0. The third-order valence-electron chi connectivity index (χ3n) is 4.76. The Balaban J connectivity index is 1.63. The van der Waals surface area contributed by atoms with Crippen molar-refractivity contribution in [3.63, 3.8) is 0 Å². The smallest absolute Gasteiger partial charge is 0.263 e. The number of anilines is 1. The first-order valence-corrected chi connectivity index (χ1v) is 8.70. The van der Waals surface area contributed by atoms with Crippen molar-refractivity contribution < 1.29 is 9.59 Å². The summed E-state index contributed by atoms with van der Waals surface area (Å²) in [6.07, 6.45) is 0. The van der Waals surface area contributed by atoms with Crippen LogP contribution in [0, 0.1) is 13.8 Å². The summed E-state index contributed by atoms with van der Waals surface area (Å²) in [5.41, 5.74) is 3.76. The van der Waals surface area contributed by atoms with Crippen LogP contribution in [-0.2, 0) is 16.1 Å². The second-order valence-electron chi connectivity index (χ2n) is 6.61. The average molecular weight is 369 g/mol. The monoisotopic (exact) mass is 368 g/mol. The number of carbonyl (C=O) groups is 2. The number of fused-ring (bicyclic) bond motifs is 1. The minimum atomic E-state index is -0.799. The first-order chi connectivity index (χ1) is 12.5. The summed E-state index contributed by atoms with van der Waals surface area (Å²) in [4.78, 5) is 26.8. The van der Waals surface area contributed by atoms with E-state index in [4.69, 9.17) is 11.6 Å². The van der Waals surface area contributed by atoms with Gasteiger partial charge in [-0.25, -0.2) is 4.90 Å². The highest BCUT2D eigenvalue weighted by Gasteiger charge is 2.54. The van der Waals surface area contributed by atoms with E-state index >= 15 is 0 Å². The molecule has 1 fully saturated rings. The highest BCUT2D eigenvalue weighted by molar-refractivity contribution is 6.31. The van der Waals surface area contributed by atoms with Crippen molar-refractivity contribution in [2.45, 2.75) is 32.5 Å².